The van der Waals surface area contributed by atoms with Gasteiger partial charge in [-0.2, -0.15) is 0 Å². The van der Waals surface area contributed by atoms with E-state index < -0.39 is 5.60 Å². The van der Waals surface area contributed by atoms with Crippen molar-refractivity contribution in [3.05, 3.63) is 72.7 Å². The molecule has 1 aromatic heterocycles. The standard InChI is InChI=1S/C27H39NO4/c1-7-9-13-27(29,14-10-8-2)26-12-11-23(32-26)20-28(18-21(3)4)19-22-15-24(30-5)17-25(16-22)31-6/h7-8,11-12,15-17,21,29H,1-2,9-10,13-14,18-20H2,3-6H3. The number of hydrogen-bond donors (Lipinski definition) is 1. The predicted molar refractivity (Wildman–Crippen MR) is 130 cm³/mol. The highest BCUT2D eigenvalue weighted by Crippen LogP contribution is 2.33. The third-order valence-corrected chi connectivity index (χ3v) is 5.46. The Balaban J connectivity index is 2.22. The second-order valence-electron chi connectivity index (χ2n) is 8.74. The lowest BCUT2D eigenvalue weighted by Gasteiger charge is -2.26. The maximum Gasteiger partial charge on any atom is 0.135 e. The van der Waals surface area contributed by atoms with Crippen LogP contribution in [0.3, 0.4) is 0 Å². The monoisotopic (exact) mass is 441 g/mol. The van der Waals surface area contributed by atoms with Crippen molar-refractivity contribution in [2.75, 3.05) is 20.8 Å². The van der Waals surface area contributed by atoms with Crippen LogP contribution in [0.4, 0.5) is 0 Å². The summed E-state index contributed by atoms with van der Waals surface area (Å²) in [5, 5.41) is 11.3. The summed E-state index contributed by atoms with van der Waals surface area (Å²) in [6, 6.07) is 9.83. The first-order chi connectivity index (χ1) is 15.3. The first-order valence-corrected chi connectivity index (χ1v) is 11.3. The molecule has 176 valence electrons. The van der Waals surface area contributed by atoms with Crippen LogP contribution in [-0.4, -0.2) is 30.8 Å². The average molecular weight is 442 g/mol. The number of furan rings is 1. The van der Waals surface area contributed by atoms with Crippen molar-refractivity contribution in [1.82, 2.24) is 4.90 Å². The van der Waals surface area contributed by atoms with Crippen LogP contribution in [0.5, 0.6) is 11.5 Å². The largest absolute Gasteiger partial charge is 0.497 e. The molecule has 0 atom stereocenters. The van der Waals surface area contributed by atoms with E-state index in [9.17, 15) is 5.11 Å². The van der Waals surface area contributed by atoms with Gasteiger partial charge in [-0.25, -0.2) is 0 Å². The molecule has 1 aromatic carbocycles. The molecule has 1 N–H and O–H groups in total. The minimum atomic E-state index is -1.01. The van der Waals surface area contributed by atoms with Crippen molar-refractivity contribution in [1.29, 1.82) is 0 Å². The Labute approximate surface area is 193 Å². The number of aliphatic hydroxyl groups is 1. The number of rotatable bonds is 15. The van der Waals surface area contributed by atoms with Gasteiger partial charge in [0.05, 0.1) is 20.8 Å². The van der Waals surface area contributed by atoms with Crippen molar-refractivity contribution in [2.45, 2.75) is 58.2 Å². The smallest absolute Gasteiger partial charge is 0.135 e. The Kier molecular flexibility index (Phi) is 10.1. The molecule has 0 saturated carbocycles. The number of benzene rings is 1. The summed E-state index contributed by atoms with van der Waals surface area (Å²) >= 11 is 0. The van der Waals surface area contributed by atoms with Crippen LogP contribution in [0.25, 0.3) is 0 Å². The molecule has 0 radical (unpaired) electrons. The molecule has 0 aliphatic heterocycles. The third kappa shape index (κ3) is 7.57. The fourth-order valence-electron chi connectivity index (χ4n) is 3.90. The van der Waals surface area contributed by atoms with Crippen LogP contribution in [0.2, 0.25) is 0 Å². The van der Waals surface area contributed by atoms with Crippen LogP contribution >= 0.6 is 0 Å². The Morgan fingerprint density at radius 3 is 2.09 bits per heavy atom. The van der Waals surface area contributed by atoms with E-state index in [1.54, 1.807) is 14.2 Å². The summed E-state index contributed by atoms with van der Waals surface area (Å²) in [7, 11) is 3.32. The number of hydrogen-bond acceptors (Lipinski definition) is 5. The zero-order valence-electron chi connectivity index (χ0n) is 20.1. The Bertz CT molecular complexity index is 821. The van der Waals surface area contributed by atoms with Gasteiger partial charge in [-0.05, 0) is 61.4 Å². The molecular weight excluding hydrogens is 402 g/mol. The summed E-state index contributed by atoms with van der Waals surface area (Å²) in [6.45, 7) is 14.3. The molecule has 0 aliphatic rings. The molecule has 0 aliphatic carbocycles. The van der Waals surface area contributed by atoms with Gasteiger partial charge in [0.25, 0.3) is 0 Å². The number of allylic oxidation sites excluding steroid dienone is 2. The molecule has 5 nitrogen and oxygen atoms in total. The molecule has 5 heteroatoms. The van der Waals surface area contributed by atoms with E-state index in [4.69, 9.17) is 13.9 Å². The first kappa shape index (κ1) is 25.8. The normalized spacial score (nSPS) is 11.7. The summed E-state index contributed by atoms with van der Waals surface area (Å²) in [5.41, 5.74) is 0.103. The molecule has 32 heavy (non-hydrogen) atoms. The van der Waals surface area contributed by atoms with Gasteiger partial charge in [-0.1, -0.05) is 26.0 Å². The van der Waals surface area contributed by atoms with Crippen molar-refractivity contribution in [3.63, 3.8) is 0 Å². The van der Waals surface area contributed by atoms with Gasteiger partial charge < -0.3 is 19.0 Å². The molecule has 0 unspecified atom stereocenters. The maximum atomic E-state index is 11.3. The van der Waals surface area contributed by atoms with Crippen molar-refractivity contribution in [2.24, 2.45) is 5.92 Å². The first-order valence-electron chi connectivity index (χ1n) is 11.3. The van der Waals surface area contributed by atoms with Gasteiger partial charge >= 0.3 is 0 Å². The van der Waals surface area contributed by atoms with Crippen molar-refractivity contribution in [3.8, 4) is 11.5 Å². The molecule has 0 fully saturated rings. The van der Waals surface area contributed by atoms with E-state index >= 15 is 0 Å². The van der Waals surface area contributed by atoms with Gasteiger partial charge in [0.1, 0.15) is 28.6 Å². The SMILES string of the molecule is C=CCCC(O)(CCC=C)c1ccc(CN(Cc2cc(OC)cc(OC)c2)CC(C)C)o1. The van der Waals surface area contributed by atoms with Crippen LogP contribution < -0.4 is 9.47 Å². The lowest BCUT2D eigenvalue weighted by Crippen LogP contribution is -2.27. The molecule has 0 bridgehead atoms. The van der Waals surface area contributed by atoms with E-state index in [0.717, 1.165) is 48.8 Å². The lowest BCUT2D eigenvalue weighted by molar-refractivity contribution is -0.00221. The highest BCUT2D eigenvalue weighted by molar-refractivity contribution is 5.38. The van der Waals surface area contributed by atoms with Crippen molar-refractivity contribution >= 4 is 0 Å². The fraction of sp³-hybridized carbons (Fsp3) is 0.481. The molecule has 0 spiro atoms. The minimum absolute atomic E-state index is 0.494. The number of nitrogens with zero attached hydrogens (tertiary/aromatic N) is 1. The molecule has 0 saturated heterocycles. The second-order valence-corrected chi connectivity index (χ2v) is 8.74. The lowest BCUT2D eigenvalue weighted by atomic mass is 9.89. The van der Waals surface area contributed by atoms with E-state index in [0.29, 0.717) is 31.1 Å². The van der Waals surface area contributed by atoms with Gasteiger partial charge in [0.15, 0.2) is 0 Å². The van der Waals surface area contributed by atoms with Crippen molar-refractivity contribution < 1.29 is 19.0 Å². The molecule has 2 aromatic rings. The summed E-state index contributed by atoms with van der Waals surface area (Å²) in [5.74, 6) is 3.50. The Morgan fingerprint density at radius 1 is 1.00 bits per heavy atom. The van der Waals surface area contributed by atoms with E-state index in [1.165, 1.54) is 0 Å². The van der Waals surface area contributed by atoms with E-state index in [2.05, 4.69) is 31.9 Å². The number of methoxy groups -OCH3 is 2. The van der Waals surface area contributed by atoms with Crippen LogP contribution in [0.15, 0.2) is 60.1 Å². The minimum Gasteiger partial charge on any atom is -0.497 e. The molecule has 2 rings (SSSR count). The van der Waals surface area contributed by atoms with Gasteiger partial charge in [-0.3, -0.25) is 4.90 Å². The summed E-state index contributed by atoms with van der Waals surface area (Å²) in [6.07, 6.45) is 6.26. The molecule has 1 heterocycles. The number of ether oxygens (including phenoxy) is 2. The topological polar surface area (TPSA) is 55.1 Å². The highest BCUT2D eigenvalue weighted by atomic mass is 16.5. The summed E-state index contributed by atoms with van der Waals surface area (Å²) < 4.78 is 17.0. The van der Waals surface area contributed by atoms with Gasteiger partial charge in [0.2, 0.25) is 0 Å². The van der Waals surface area contributed by atoms with Crippen LogP contribution in [0, 0.1) is 5.92 Å². The molecular formula is C27H39NO4. The van der Waals surface area contributed by atoms with E-state index in [-0.39, 0.29) is 0 Å². The molecule has 0 amide bonds. The van der Waals surface area contributed by atoms with Crippen LogP contribution in [0.1, 0.15) is 56.6 Å². The predicted octanol–water partition coefficient (Wildman–Crippen LogP) is 6.08. The maximum absolute atomic E-state index is 11.3. The third-order valence-electron chi connectivity index (χ3n) is 5.46. The Morgan fingerprint density at radius 2 is 1.59 bits per heavy atom. The second kappa shape index (κ2) is 12.5. The van der Waals surface area contributed by atoms with Crippen LogP contribution in [-0.2, 0) is 18.7 Å². The average Bonchev–Trinajstić information content (AvgIpc) is 3.24. The zero-order valence-corrected chi connectivity index (χ0v) is 20.1. The van der Waals surface area contributed by atoms with Gasteiger partial charge in [0, 0.05) is 19.2 Å². The quantitative estimate of drug-likeness (QED) is 0.340. The highest BCUT2D eigenvalue weighted by Gasteiger charge is 2.31. The summed E-state index contributed by atoms with van der Waals surface area (Å²) in [4.78, 5) is 2.34. The Hall–Kier alpha value is -2.50. The van der Waals surface area contributed by atoms with Gasteiger partial charge in [-0.15, -0.1) is 13.2 Å². The fourth-order valence-corrected chi connectivity index (χ4v) is 3.90. The zero-order chi connectivity index (χ0) is 23.6. The van der Waals surface area contributed by atoms with E-state index in [1.807, 2.05) is 42.5 Å².